The van der Waals surface area contributed by atoms with Crippen molar-refractivity contribution in [3.8, 4) is 0 Å². The highest BCUT2D eigenvalue weighted by atomic mass is 16.6. The number of hydrogen-bond acceptors (Lipinski definition) is 6. The second kappa shape index (κ2) is 58.5. The van der Waals surface area contributed by atoms with Gasteiger partial charge in [0.25, 0.3) is 0 Å². The lowest BCUT2D eigenvalue weighted by atomic mass is 10.0. The summed E-state index contributed by atoms with van der Waals surface area (Å²) < 4.78 is 16.8. The summed E-state index contributed by atoms with van der Waals surface area (Å²) in [6.07, 6.45) is 69.1. The molecule has 1 unspecified atom stereocenters. The third kappa shape index (κ3) is 56.7. The van der Waals surface area contributed by atoms with E-state index >= 15 is 0 Å². The summed E-state index contributed by atoms with van der Waals surface area (Å²) in [5.74, 6) is -0.873. The molecule has 0 aliphatic carbocycles. The van der Waals surface area contributed by atoms with E-state index in [2.05, 4.69) is 45.1 Å². The Labute approximate surface area is 430 Å². The van der Waals surface area contributed by atoms with Crippen LogP contribution < -0.4 is 0 Å². The topological polar surface area (TPSA) is 78.9 Å². The first-order valence-corrected chi connectivity index (χ1v) is 30.8. The highest BCUT2D eigenvalue weighted by Gasteiger charge is 2.19. The van der Waals surface area contributed by atoms with E-state index in [1.54, 1.807) is 0 Å². The van der Waals surface area contributed by atoms with Crippen molar-refractivity contribution in [1.82, 2.24) is 0 Å². The Morgan fingerprint density at radius 3 is 0.754 bits per heavy atom. The molecule has 0 N–H and O–H groups in total. The van der Waals surface area contributed by atoms with Crippen LogP contribution in [0.25, 0.3) is 0 Å². The minimum Gasteiger partial charge on any atom is -0.462 e. The van der Waals surface area contributed by atoms with Gasteiger partial charge >= 0.3 is 17.9 Å². The molecule has 0 rings (SSSR count). The number of rotatable bonds is 57. The number of ether oxygens (including phenoxy) is 3. The van der Waals surface area contributed by atoms with Crippen LogP contribution in [0, 0.1) is 0 Å². The second-order valence-electron chi connectivity index (χ2n) is 21.0. The number of unbranched alkanes of at least 4 members (excludes halogenated alkanes) is 42. The molecular weight excluding hydrogens is 853 g/mol. The molecule has 6 heteroatoms. The molecule has 69 heavy (non-hydrogen) atoms. The van der Waals surface area contributed by atoms with Crippen molar-refractivity contribution < 1.29 is 28.6 Å². The Morgan fingerprint density at radius 2 is 0.478 bits per heavy atom. The van der Waals surface area contributed by atoms with Crippen molar-refractivity contribution in [2.24, 2.45) is 0 Å². The van der Waals surface area contributed by atoms with E-state index in [0.717, 1.165) is 70.6 Å². The summed E-state index contributed by atoms with van der Waals surface area (Å²) in [6.45, 7) is 6.63. The number of hydrogen-bond donors (Lipinski definition) is 0. The minimum atomic E-state index is -0.775. The van der Waals surface area contributed by atoms with Crippen LogP contribution in [-0.4, -0.2) is 37.2 Å². The standard InChI is InChI=1S/C63H118O6/c1-4-7-10-13-16-19-22-25-26-27-28-29-30-31-32-33-34-35-36-37-38-39-42-44-47-50-53-56-62(65)68-59-60(69-63(66)57-54-51-48-45-41-24-21-18-15-12-9-6-3)58-67-61(64)55-52-49-46-43-40-23-20-17-14-11-8-5-2/h17-18,20-21,60H,4-16,19,22-59H2,1-3H3/b20-17-,21-18-. The molecule has 0 saturated carbocycles. The van der Waals surface area contributed by atoms with E-state index in [9.17, 15) is 14.4 Å². The molecule has 0 bridgehead atoms. The fourth-order valence-corrected chi connectivity index (χ4v) is 9.26. The molecule has 0 aromatic heterocycles. The summed E-state index contributed by atoms with van der Waals surface area (Å²) in [7, 11) is 0. The Kier molecular flexibility index (Phi) is 56.7. The predicted molar refractivity (Wildman–Crippen MR) is 298 cm³/mol. The van der Waals surface area contributed by atoms with Crippen LogP contribution >= 0.6 is 0 Å². The molecule has 0 aromatic carbocycles. The Bertz CT molecular complexity index is 1110. The summed E-state index contributed by atoms with van der Waals surface area (Å²) in [6, 6.07) is 0. The second-order valence-corrected chi connectivity index (χ2v) is 21.0. The average molecular weight is 972 g/mol. The SMILES string of the molecule is CCCCC/C=C\CCCCCCCC(=O)OCC(COC(=O)CCCCCCCCCCCCCCCCCCCCCCCCCCCCC)OC(=O)CCCCCCC/C=C\CCCCC. The molecule has 0 aliphatic heterocycles. The lowest BCUT2D eigenvalue weighted by molar-refractivity contribution is -0.167. The molecule has 0 fully saturated rings. The third-order valence-electron chi connectivity index (χ3n) is 13.9. The van der Waals surface area contributed by atoms with Crippen LogP contribution in [0.5, 0.6) is 0 Å². The molecular formula is C63H118O6. The smallest absolute Gasteiger partial charge is 0.306 e. The number of carbonyl (C=O) groups is 3. The average Bonchev–Trinajstić information content (AvgIpc) is 3.35. The van der Waals surface area contributed by atoms with Crippen molar-refractivity contribution in [3.63, 3.8) is 0 Å². The maximum absolute atomic E-state index is 12.8. The van der Waals surface area contributed by atoms with E-state index in [4.69, 9.17) is 14.2 Å². The monoisotopic (exact) mass is 971 g/mol. The largest absolute Gasteiger partial charge is 0.462 e. The van der Waals surface area contributed by atoms with Crippen molar-refractivity contribution in [3.05, 3.63) is 24.3 Å². The summed E-state index contributed by atoms with van der Waals surface area (Å²) in [5.41, 5.74) is 0. The van der Waals surface area contributed by atoms with Gasteiger partial charge in [0.15, 0.2) is 6.10 Å². The summed E-state index contributed by atoms with van der Waals surface area (Å²) in [4.78, 5) is 38.1. The first-order chi connectivity index (χ1) is 34.0. The normalized spacial score (nSPS) is 12.1. The fraction of sp³-hybridized carbons (Fsp3) is 0.889. The van der Waals surface area contributed by atoms with Gasteiger partial charge in [-0.3, -0.25) is 14.4 Å². The van der Waals surface area contributed by atoms with Gasteiger partial charge in [-0.25, -0.2) is 0 Å². The molecule has 0 radical (unpaired) electrons. The lowest BCUT2D eigenvalue weighted by Gasteiger charge is -2.18. The van der Waals surface area contributed by atoms with Crippen LogP contribution in [0.4, 0.5) is 0 Å². The van der Waals surface area contributed by atoms with Crippen molar-refractivity contribution >= 4 is 17.9 Å². The van der Waals surface area contributed by atoms with E-state index in [-0.39, 0.29) is 31.1 Å². The van der Waals surface area contributed by atoms with Crippen LogP contribution in [0.2, 0.25) is 0 Å². The zero-order valence-corrected chi connectivity index (χ0v) is 46.6. The highest BCUT2D eigenvalue weighted by Crippen LogP contribution is 2.18. The maximum Gasteiger partial charge on any atom is 0.306 e. The van der Waals surface area contributed by atoms with Gasteiger partial charge in [0, 0.05) is 19.3 Å². The Morgan fingerprint density at radius 1 is 0.275 bits per heavy atom. The number of allylic oxidation sites excluding steroid dienone is 4. The quantitative estimate of drug-likeness (QED) is 0.0261. The molecule has 0 amide bonds. The maximum atomic E-state index is 12.8. The summed E-state index contributed by atoms with van der Waals surface area (Å²) in [5, 5.41) is 0. The van der Waals surface area contributed by atoms with Gasteiger partial charge in [-0.2, -0.15) is 0 Å². The first-order valence-electron chi connectivity index (χ1n) is 30.8. The lowest BCUT2D eigenvalue weighted by Crippen LogP contribution is -2.30. The molecule has 0 saturated heterocycles. The van der Waals surface area contributed by atoms with Crippen molar-refractivity contribution in [2.45, 2.75) is 348 Å². The molecule has 0 aliphatic rings. The van der Waals surface area contributed by atoms with Crippen LogP contribution in [0.1, 0.15) is 342 Å². The van der Waals surface area contributed by atoms with E-state index in [1.165, 1.54) is 231 Å². The van der Waals surface area contributed by atoms with Gasteiger partial charge in [-0.05, 0) is 70.6 Å². The van der Waals surface area contributed by atoms with Gasteiger partial charge in [0.2, 0.25) is 0 Å². The molecule has 406 valence electrons. The highest BCUT2D eigenvalue weighted by molar-refractivity contribution is 5.71. The Hall–Kier alpha value is -2.11. The molecule has 1 atom stereocenters. The first kappa shape index (κ1) is 66.9. The minimum absolute atomic E-state index is 0.0730. The van der Waals surface area contributed by atoms with Crippen molar-refractivity contribution in [1.29, 1.82) is 0 Å². The van der Waals surface area contributed by atoms with E-state index in [0.29, 0.717) is 19.3 Å². The van der Waals surface area contributed by atoms with Gasteiger partial charge < -0.3 is 14.2 Å². The molecule has 0 heterocycles. The summed E-state index contributed by atoms with van der Waals surface area (Å²) >= 11 is 0. The van der Waals surface area contributed by atoms with Gasteiger partial charge in [0.05, 0.1) is 0 Å². The fourth-order valence-electron chi connectivity index (χ4n) is 9.26. The van der Waals surface area contributed by atoms with Crippen LogP contribution in [0.3, 0.4) is 0 Å². The molecule has 0 aromatic rings. The van der Waals surface area contributed by atoms with Crippen LogP contribution in [-0.2, 0) is 28.6 Å². The van der Waals surface area contributed by atoms with Gasteiger partial charge in [0.1, 0.15) is 13.2 Å². The Balaban J connectivity index is 4.11. The molecule has 6 nitrogen and oxygen atoms in total. The van der Waals surface area contributed by atoms with E-state index in [1.807, 2.05) is 0 Å². The van der Waals surface area contributed by atoms with Gasteiger partial charge in [-0.1, -0.05) is 276 Å². The zero-order valence-electron chi connectivity index (χ0n) is 46.6. The number of esters is 3. The van der Waals surface area contributed by atoms with Gasteiger partial charge in [-0.15, -0.1) is 0 Å². The van der Waals surface area contributed by atoms with Crippen LogP contribution in [0.15, 0.2) is 24.3 Å². The molecule has 0 spiro atoms. The van der Waals surface area contributed by atoms with E-state index < -0.39 is 6.10 Å². The third-order valence-corrected chi connectivity index (χ3v) is 13.9. The number of carbonyl (C=O) groups excluding carboxylic acids is 3. The zero-order chi connectivity index (χ0) is 50.0. The van der Waals surface area contributed by atoms with Crippen molar-refractivity contribution in [2.75, 3.05) is 13.2 Å². The predicted octanol–water partition coefficient (Wildman–Crippen LogP) is 20.7.